The number of phenols is 1. The maximum absolute atomic E-state index is 14.2. The molecule has 36 heavy (non-hydrogen) atoms. The van der Waals surface area contributed by atoms with Gasteiger partial charge in [0.2, 0.25) is 5.91 Å². The number of rotatable bonds is 5. The summed E-state index contributed by atoms with van der Waals surface area (Å²) >= 11 is 1.73. The van der Waals surface area contributed by atoms with Gasteiger partial charge in [0.1, 0.15) is 30.2 Å². The fourth-order valence-electron chi connectivity index (χ4n) is 5.80. The van der Waals surface area contributed by atoms with Crippen molar-refractivity contribution in [3.8, 4) is 5.75 Å². The average Bonchev–Trinajstić information content (AvgIpc) is 3.54. The minimum absolute atomic E-state index is 0.118. The van der Waals surface area contributed by atoms with Gasteiger partial charge in [-0.05, 0) is 61.1 Å². The van der Waals surface area contributed by atoms with E-state index >= 15 is 0 Å². The number of hydrogen-bond acceptors (Lipinski definition) is 7. The topological polar surface area (TPSA) is 110 Å². The molecule has 2 fully saturated rings. The van der Waals surface area contributed by atoms with Gasteiger partial charge >= 0.3 is 0 Å². The van der Waals surface area contributed by atoms with E-state index in [2.05, 4.69) is 6.07 Å². The number of aliphatic hydroxyl groups excluding tert-OH is 3. The number of aliphatic hydroxyl groups is 3. The number of halogens is 1. The van der Waals surface area contributed by atoms with Crippen LogP contribution in [0, 0.1) is 12.8 Å². The Labute approximate surface area is 214 Å². The maximum atomic E-state index is 14.2. The number of aromatic hydroxyl groups is 1. The highest BCUT2D eigenvalue weighted by Gasteiger charge is 2.46. The zero-order valence-electron chi connectivity index (χ0n) is 20.4. The molecule has 1 aromatic heterocycles. The lowest BCUT2D eigenvalue weighted by Crippen LogP contribution is -2.53. The standard InChI is InChI=1S/C27H34FNO6S/c1-14-8-20(31)19(26-25(33)24(32)23(28)21(13-30)35-26)11-16(14)9-18-10-17-12-29(7-6-22(17)36-18)27(34)15-4-2-3-5-15/h8,10-11,15,21,23-26,30-33H,2-7,9,12-13H2,1H3/t21-,23-,24+,25-,26+/m1/s1. The van der Waals surface area contributed by atoms with Gasteiger partial charge in [0, 0.05) is 40.7 Å². The molecule has 1 aromatic carbocycles. The van der Waals surface area contributed by atoms with Crippen LogP contribution in [0.1, 0.15) is 63.8 Å². The third kappa shape index (κ3) is 4.79. The SMILES string of the molecule is Cc1cc(O)c([C@@H]2O[C@H](CO)[C@@H](F)[C@H](O)[C@H]2O)cc1Cc1cc2c(s1)CCN(C(=O)C1CCCC1)C2. The van der Waals surface area contributed by atoms with E-state index < -0.39 is 37.2 Å². The molecule has 0 radical (unpaired) electrons. The molecule has 1 saturated carbocycles. The van der Waals surface area contributed by atoms with Gasteiger partial charge in [-0.15, -0.1) is 11.3 Å². The van der Waals surface area contributed by atoms with Crippen LogP contribution >= 0.6 is 11.3 Å². The number of amides is 1. The van der Waals surface area contributed by atoms with Crippen LogP contribution < -0.4 is 0 Å². The first kappa shape index (κ1) is 25.6. The molecule has 2 aliphatic heterocycles. The third-order valence-corrected chi connectivity index (χ3v) is 9.17. The molecule has 0 spiro atoms. The molecule has 3 heterocycles. The lowest BCUT2D eigenvalue weighted by Gasteiger charge is -2.39. The van der Waals surface area contributed by atoms with Crippen LogP contribution in [-0.2, 0) is 28.9 Å². The zero-order valence-corrected chi connectivity index (χ0v) is 21.2. The molecule has 1 aliphatic carbocycles. The number of aryl methyl sites for hydroxylation is 1. The number of phenolic OH excluding ortho intramolecular Hbond substituents is 1. The Kier molecular flexibility index (Phi) is 7.38. The van der Waals surface area contributed by atoms with Crippen molar-refractivity contribution in [3.05, 3.63) is 50.2 Å². The molecule has 1 saturated heterocycles. The van der Waals surface area contributed by atoms with Crippen molar-refractivity contribution in [2.45, 2.75) is 82.6 Å². The lowest BCUT2D eigenvalue weighted by molar-refractivity contribution is -0.214. The quantitative estimate of drug-likeness (QED) is 0.484. The van der Waals surface area contributed by atoms with Gasteiger partial charge in [0.05, 0.1) is 6.61 Å². The average molecular weight is 520 g/mol. The van der Waals surface area contributed by atoms with E-state index in [9.17, 15) is 29.6 Å². The Morgan fingerprint density at radius 1 is 1.19 bits per heavy atom. The van der Waals surface area contributed by atoms with Crippen LogP contribution in [0.15, 0.2) is 18.2 Å². The number of thiophene rings is 1. The summed E-state index contributed by atoms with van der Waals surface area (Å²) in [6.45, 7) is 2.64. The predicted molar refractivity (Wildman–Crippen MR) is 133 cm³/mol. The first-order chi connectivity index (χ1) is 17.3. The first-order valence-corrected chi connectivity index (χ1v) is 13.6. The zero-order chi connectivity index (χ0) is 25.6. The van der Waals surface area contributed by atoms with Crippen molar-refractivity contribution in [2.75, 3.05) is 13.2 Å². The van der Waals surface area contributed by atoms with E-state index in [0.717, 1.165) is 54.7 Å². The van der Waals surface area contributed by atoms with E-state index in [1.165, 1.54) is 10.4 Å². The van der Waals surface area contributed by atoms with Gasteiger partial charge in [0.15, 0.2) is 6.17 Å². The van der Waals surface area contributed by atoms with Crippen LogP contribution in [0.25, 0.3) is 0 Å². The summed E-state index contributed by atoms with van der Waals surface area (Å²) in [5, 5.41) is 40.6. The largest absolute Gasteiger partial charge is 0.508 e. The minimum atomic E-state index is -1.93. The van der Waals surface area contributed by atoms with E-state index in [1.807, 2.05) is 11.8 Å². The minimum Gasteiger partial charge on any atom is -0.508 e. The summed E-state index contributed by atoms with van der Waals surface area (Å²) in [6, 6.07) is 5.47. The fraction of sp³-hybridized carbons (Fsp3) is 0.593. The number of carbonyl (C=O) groups excluding carboxylic acids is 1. The molecule has 9 heteroatoms. The number of fused-ring (bicyclic) bond motifs is 1. The summed E-state index contributed by atoms with van der Waals surface area (Å²) in [5.74, 6) is 0.347. The van der Waals surface area contributed by atoms with Gasteiger partial charge in [-0.3, -0.25) is 4.79 Å². The smallest absolute Gasteiger partial charge is 0.225 e. The van der Waals surface area contributed by atoms with E-state index in [-0.39, 0.29) is 23.1 Å². The number of benzene rings is 1. The molecule has 3 aliphatic rings. The molecule has 0 unspecified atom stereocenters. The number of carbonyl (C=O) groups is 1. The van der Waals surface area contributed by atoms with Crippen molar-refractivity contribution in [1.29, 1.82) is 0 Å². The number of nitrogens with zero attached hydrogens (tertiary/aromatic N) is 1. The van der Waals surface area contributed by atoms with E-state index in [0.29, 0.717) is 13.0 Å². The van der Waals surface area contributed by atoms with Gasteiger partial charge in [-0.25, -0.2) is 4.39 Å². The van der Waals surface area contributed by atoms with Crippen LogP contribution in [0.5, 0.6) is 5.75 Å². The highest BCUT2D eigenvalue weighted by molar-refractivity contribution is 7.12. The second kappa shape index (κ2) is 10.4. The summed E-state index contributed by atoms with van der Waals surface area (Å²) in [4.78, 5) is 17.3. The molecule has 2 aromatic rings. The normalized spacial score (nSPS) is 28.9. The molecular formula is C27H34FNO6S. The molecule has 5 atom stereocenters. The molecule has 4 N–H and O–H groups in total. The molecule has 0 bridgehead atoms. The number of alkyl halides is 1. The van der Waals surface area contributed by atoms with Gasteiger partial charge < -0.3 is 30.1 Å². The Balaban J connectivity index is 1.35. The molecule has 1 amide bonds. The molecule has 5 rings (SSSR count). The number of hydrogen-bond donors (Lipinski definition) is 4. The third-order valence-electron chi connectivity index (χ3n) is 7.93. The monoisotopic (exact) mass is 519 g/mol. The fourth-order valence-corrected chi connectivity index (χ4v) is 6.99. The second-order valence-electron chi connectivity index (χ2n) is 10.4. The first-order valence-electron chi connectivity index (χ1n) is 12.7. The van der Waals surface area contributed by atoms with Crippen molar-refractivity contribution in [2.24, 2.45) is 5.92 Å². The molecule has 7 nitrogen and oxygen atoms in total. The Morgan fingerprint density at radius 2 is 1.94 bits per heavy atom. The van der Waals surface area contributed by atoms with Crippen molar-refractivity contribution < 1.29 is 34.3 Å². The highest BCUT2D eigenvalue weighted by atomic mass is 32.1. The van der Waals surface area contributed by atoms with Crippen molar-refractivity contribution in [3.63, 3.8) is 0 Å². The van der Waals surface area contributed by atoms with Gasteiger partial charge in [-0.1, -0.05) is 12.8 Å². The van der Waals surface area contributed by atoms with Crippen molar-refractivity contribution >= 4 is 17.2 Å². The molecule has 196 valence electrons. The second-order valence-corrected chi connectivity index (χ2v) is 11.6. The van der Waals surface area contributed by atoms with E-state index in [1.54, 1.807) is 23.5 Å². The predicted octanol–water partition coefficient (Wildman–Crippen LogP) is 2.92. The van der Waals surface area contributed by atoms with Crippen LogP contribution in [-0.4, -0.2) is 68.9 Å². The molecular weight excluding hydrogens is 485 g/mol. The Hall–Kier alpha value is -2.04. The summed E-state index contributed by atoms with van der Waals surface area (Å²) in [7, 11) is 0. The highest BCUT2D eigenvalue weighted by Crippen LogP contribution is 2.40. The Bertz CT molecular complexity index is 1110. The van der Waals surface area contributed by atoms with Crippen LogP contribution in [0.4, 0.5) is 4.39 Å². The van der Waals surface area contributed by atoms with Crippen LogP contribution in [0.3, 0.4) is 0 Å². The summed E-state index contributed by atoms with van der Waals surface area (Å²) in [6.07, 6.45) is -1.98. The van der Waals surface area contributed by atoms with Crippen LogP contribution in [0.2, 0.25) is 0 Å². The summed E-state index contributed by atoms with van der Waals surface area (Å²) in [5.41, 5.74) is 3.21. The van der Waals surface area contributed by atoms with Gasteiger partial charge in [0.25, 0.3) is 0 Å². The van der Waals surface area contributed by atoms with E-state index in [4.69, 9.17) is 4.74 Å². The number of ether oxygens (including phenoxy) is 1. The summed E-state index contributed by atoms with van der Waals surface area (Å²) < 4.78 is 19.8. The van der Waals surface area contributed by atoms with Gasteiger partial charge in [-0.2, -0.15) is 0 Å². The maximum Gasteiger partial charge on any atom is 0.225 e. The van der Waals surface area contributed by atoms with Crippen molar-refractivity contribution in [1.82, 2.24) is 4.90 Å². The Morgan fingerprint density at radius 3 is 2.67 bits per heavy atom. The lowest BCUT2D eigenvalue weighted by atomic mass is 9.89.